The van der Waals surface area contributed by atoms with Gasteiger partial charge in [0.2, 0.25) is 11.7 Å². The molecule has 0 radical (unpaired) electrons. The normalized spacial score (nSPS) is 14.5. The Labute approximate surface area is 271 Å². The summed E-state index contributed by atoms with van der Waals surface area (Å²) in [7, 11) is -2.83. The number of hydrogen-bond acceptors (Lipinski definition) is 9. The van der Waals surface area contributed by atoms with E-state index in [9.17, 15) is 22.4 Å². The van der Waals surface area contributed by atoms with Crippen LogP contribution in [0.5, 0.6) is 0 Å². The second-order valence-corrected chi connectivity index (χ2v) is 14.2. The zero-order chi connectivity index (χ0) is 34.1. The number of fused-ring (bicyclic) bond motifs is 1. The molecular formula is C32H37F2N7O5S. The highest BCUT2D eigenvalue weighted by molar-refractivity contribution is 7.90. The lowest BCUT2D eigenvalue weighted by Gasteiger charge is -2.32. The molecule has 15 heteroatoms. The van der Waals surface area contributed by atoms with E-state index >= 15 is 4.39 Å². The van der Waals surface area contributed by atoms with Crippen molar-refractivity contribution in [2.45, 2.75) is 52.6 Å². The topological polar surface area (TPSA) is 150 Å². The number of benzene rings is 1. The number of H-pyrrole nitrogens is 1. The summed E-state index contributed by atoms with van der Waals surface area (Å²) in [6.07, 6.45) is 8.12. The Balaban J connectivity index is 1.33. The number of nitrogens with one attached hydrogen (secondary N) is 2. The van der Waals surface area contributed by atoms with Gasteiger partial charge in [0.25, 0.3) is 0 Å². The van der Waals surface area contributed by atoms with E-state index in [1.54, 1.807) is 31.6 Å². The zero-order valence-electron chi connectivity index (χ0n) is 26.8. The summed E-state index contributed by atoms with van der Waals surface area (Å²) in [6.45, 7) is 8.65. The predicted octanol–water partition coefficient (Wildman–Crippen LogP) is 5.09. The molecule has 4 heterocycles. The Morgan fingerprint density at radius 3 is 2.38 bits per heavy atom. The van der Waals surface area contributed by atoms with Crippen molar-refractivity contribution < 1.29 is 31.5 Å². The van der Waals surface area contributed by atoms with Gasteiger partial charge in [-0.05, 0) is 57.7 Å². The van der Waals surface area contributed by atoms with Crippen molar-refractivity contribution in [3.63, 3.8) is 0 Å². The van der Waals surface area contributed by atoms with Crippen molar-refractivity contribution in [2.24, 2.45) is 5.92 Å². The molecule has 0 unspecified atom stereocenters. The van der Waals surface area contributed by atoms with E-state index in [4.69, 9.17) is 4.74 Å². The van der Waals surface area contributed by atoms with Gasteiger partial charge in [-0.2, -0.15) is 12.7 Å². The van der Waals surface area contributed by atoms with Gasteiger partial charge in [-0.25, -0.2) is 23.7 Å². The summed E-state index contributed by atoms with van der Waals surface area (Å²) in [5, 5.41) is 0.305. The number of esters is 1. The quantitative estimate of drug-likeness (QED) is 0.174. The van der Waals surface area contributed by atoms with E-state index in [1.165, 1.54) is 13.2 Å². The first-order valence-corrected chi connectivity index (χ1v) is 16.6. The van der Waals surface area contributed by atoms with Crippen LogP contribution < -0.4 is 9.62 Å². The van der Waals surface area contributed by atoms with Crippen molar-refractivity contribution in [3.05, 3.63) is 65.7 Å². The van der Waals surface area contributed by atoms with Crippen molar-refractivity contribution in [2.75, 3.05) is 36.3 Å². The van der Waals surface area contributed by atoms with E-state index < -0.39 is 44.5 Å². The lowest BCUT2D eigenvalue weighted by molar-refractivity contribution is -0.156. The van der Waals surface area contributed by atoms with Crippen LogP contribution in [0.1, 0.15) is 62.9 Å². The number of ether oxygens (including phenoxy) is 1. The molecule has 47 heavy (non-hydrogen) atoms. The summed E-state index contributed by atoms with van der Waals surface area (Å²) in [6, 6.07) is 3.40. The average molecular weight is 670 g/mol. The van der Waals surface area contributed by atoms with Gasteiger partial charge >= 0.3 is 16.2 Å². The van der Waals surface area contributed by atoms with Crippen LogP contribution >= 0.6 is 0 Å². The fraction of sp³-hybridized carbons (Fsp3) is 0.406. The molecule has 1 fully saturated rings. The fourth-order valence-corrected chi connectivity index (χ4v) is 6.23. The second kappa shape index (κ2) is 13.3. The molecule has 0 aliphatic carbocycles. The Bertz CT molecular complexity index is 1900. The van der Waals surface area contributed by atoms with Gasteiger partial charge in [0.15, 0.2) is 5.82 Å². The van der Waals surface area contributed by atoms with Crippen molar-refractivity contribution in [3.8, 4) is 11.1 Å². The monoisotopic (exact) mass is 669 g/mol. The van der Waals surface area contributed by atoms with Crippen LogP contribution in [-0.4, -0.2) is 76.7 Å². The smallest absolute Gasteiger partial charge is 0.306 e. The number of anilines is 2. The van der Waals surface area contributed by atoms with E-state index in [1.807, 2.05) is 20.8 Å². The van der Waals surface area contributed by atoms with Crippen LogP contribution in [-0.2, 0) is 19.7 Å². The lowest BCUT2D eigenvalue weighted by atomic mass is 9.93. The average Bonchev–Trinajstić information content (AvgIpc) is 3.45. The number of halogens is 2. The minimum absolute atomic E-state index is 0.0513. The first kappa shape index (κ1) is 33.9. The molecule has 12 nitrogen and oxygen atoms in total. The highest BCUT2D eigenvalue weighted by atomic mass is 32.2. The van der Waals surface area contributed by atoms with Gasteiger partial charge < -0.3 is 14.6 Å². The van der Waals surface area contributed by atoms with E-state index in [0.717, 1.165) is 29.3 Å². The number of pyridine rings is 1. The van der Waals surface area contributed by atoms with Crippen LogP contribution in [0.15, 0.2) is 43.0 Å². The van der Waals surface area contributed by atoms with Crippen LogP contribution in [0, 0.1) is 17.6 Å². The minimum atomic E-state index is -4.13. The highest BCUT2D eigenvalue weighted by Crippen LogP contribution is 2.30. The largest absolute Gasteiger partial charge is 0.460 e. The van der Waals surface area contributed by atoms with Crippen LogP contribution in [0.2, 0.25) is 0 Å². The summed E-state index contributed by atoms with van der Waals surface area (Å²) in [5.41, 5.74) is -0.536. The van der Waals surface area contributed by atoms with Crippen LogP contribution in [0.25, 0.3) is 22.2 Å². The van der Waals surface area contributed by atoms with E-state index in [2.05, 4.69) is 29.6 Å². The molecular weight excluding hydrogens is 632 g/mol. The molecule has 3 aromatic heterocycles. The van der Waals surface area contributed by atoms with Gasteiger partial charge in [0.1, 0.15) is 17.1 Å². The first-order valence-electron chi connectivity index (χ1n) is 15.2. The third-order valence-corrected chi connectivity index (χ3v) is 9.49. The Hall–Kier alpha value is -4.50. The second-order valence-electron chi connectivity index (χ2n) is 12.4. The standard InChI is InChI=1S/C32H37F2N7O5S/c1-6-40(5)47(44,45)39-25-8-7-24(33)27(28(25)34)29(43)23-18-36-30-22(23)14-20(15-35-30)21-16-37-31(38-17-21)41-11-9-19(10-12-41)13-26(42)46-32(2,3)4/h7-8,14-19,39H,6,9-13H2,1-5H3,(H,35,36). The molecule has 0 atom stereocenters. The van der Waals surface area contributed by atoms with Gasteiger partial charge in [0, 0.05) is 80.0 Å². The molecule has 1 aliphatic rings. The van der Waals surface area contributed by atoms with Crippen LogP contribution in [0.4, 0.5) is 20.4 Å². The minimum Gasteiger partial charge on any atom is -0.460 e. The molecule has 5 rings (SSSR count). The molecule has 2 N–H and O–H groups in total. The number of nitrogens with zero attached hydrogens (tertiary/aromatic N) is 5. The number of hydrogen-bond donors (Lipinski definition) is 2. The highest BCUT2D eigenvalue weighted by Gasteiger charge is 2.28. The third kappa shape index (κ3) is 7.57. The Morgan fingerprint density at radius 2 is 1.74 bits per heavy atom. The third-order valence-electron chi connectivity index (χ3n) is 7.93. The molecule has 4 aromatic rings. The number of rotatable bonds is 10. The molecule has 1 saturated heterocycles. The number of aromatic amines is 1. The molecule has 0 amide bonds. The summed E-state index contributed by atoms with van der Waals surface area (Å²) in [5.74, 6) is -2.89. The van der Waals surface area contributed by atoms with Gasteiger partial charge in [-0.1, -0.05) is 6.92 Å². The Kier molecular flexibility index (Phi) is 9.59. The predicted molar refractivity (Wildman–Crippen MR) is 173 cm³/mol. The summed E-state index contributed by atoms with van der Waals surface area (Å²) >= 11 is 0. The van der Waals surface area contributed by atoms with Crippen molar-refractivity contribution >= 4 is 44.6 Å². The molecule has 0 saturated carbocycles. The maximum Gasteiger partial charge on any atom is 0.306 e. The SMILES string of the molecule is CCN(C)S(=O)(=O)Nc1ccc(F)c(C(=O)c2c[nH]c3ncc(-c4cnc(N5CCC(CC(=O)OC(C)(C)C)CC5)nc4)cc23)c1F. The molecule has 1 aliphatic heterocycles. The summed E-state index contributed by atoms with van der Waals surface area (Å²) in [4.78, 5) is 44.1. The maximum atomic E-state index is 15.5. The van der Waals surface area contributed by atoms with Crippen molar-refractivity contribution in [1.82, 2.24) is 24.2 Å². The van der Waals surface area contributed by atoms with E-state index in [0.29, 0.717) is 47.6 Å². The van der Waals surface area contributed by atoms with Crippen molar-refractivity contribution in [1.29, 1.82) is 0 Å². The van der Waals surface area contributed by atoms with Gasteiger partial charge in [-0.15, -0.1) is 0 Å². The Morgan fingerprint density at radius 1 is 1.09 bits per heavy atom. The molecule has 1 aromatic carbocycles. The molecule has 0 spiro atoms. The molecule has 0 bridgehead atoms. The number of carbonyl (C=O) groups excluding carboxylic acids is 2. The number of aromatic nitrogens is 4. The number of carbonyl (C=O) groups is 2. The fourth-order valence-electron chi connectivity index (χ4n) is 5.30. The first-order chi connectivity index (χ1) is 22.2. The zero-order valence-corrected chi connectivity index (χ0v) is 27.6. The van der Waals surface area contributed by atoms with Crippen LogP contribution in [0.3, 0.4) is 0 Å². The molecule has 250 valence electrons. The van der Waals surface area contributed by atoms with E-state index in [-0.39, 0.29) is 24.0 Å². The van der Waals surface area contributed by atoms with Gasteiger partial charge in [0.05, 0.1) is 11.3 Å². The number of ketones is 1. The maximum absolute atomic E-state index is 15.5. The number of piperidine rings is 1. The summed E-state index contributed by atoms with van der Waals surface area (Å²) < 4.78 is 63.7. The van der Waals surface area contributed by atoms with Gasteiger partial charge in [-0.3, -0.25) is 14.3 Å². The lowest BCUT2D eigenvalue weighted by Crippen LogP contribution is -2.36.